The number of hydrogen-bond donors (Lipinski definition) is 3. The number of imidazole rings is 1. The standard InChI is InChI=1S/C9H13N3O3/c1-6(2-3-8(13)14)12-9(15)7-4-10-5-11-7/h4-6H,2-3H2,1H3,(H,10,11)(H,12,15)(H,13,14). The van der Waals surface area contributed by atoms with Gasteiger partial charge in [-0.1, -0.05) is 0 Å². The first-order valence-corrected chi connectivity index (χ1v) is 4.60. The van der Waals surface area contributed by atoms with E-state index in [4.69, 9.17) is 5.11 Å². The van der Waals surface area contributed by atoms with Gasteiger partial charge in [0.1, 0.15) is 5.69 Å². The highest BCUT2D eigenvalue weighted by Gasteiger charge is 2.11. The summed E-state index contributed by atoms with van der Waals surface area (Å²) in [5.74, 6) is -1.14. The molecule has 3 N–H and O–H groups in total. The summed E-state index contributed by atoms with van der Waals surface area (Å²) in [4.78, 5) is 28.1. The van der Waals surface area contributed by atoms with Gasteiger partial charge in [-0.05, 0) is 13.3 Å². The zero-order chi connectivity index (χ0) is 11.3. The Morgan fingerprint density at radius 2 is 2.40 bits per heavy atom. The van der Waals surface area contributed by atoms with Crippen LogP contribution in [0.15, 0.2) is 12.5 Å². The van der Waals surface area contributed by atoms with E-state index >= 15 is 0 Å². The molecule has 15 heavy (non-hydrogen) atoms. The smallest absolute Gasteiger partial charge is 0.303 e. The minimum atomic E-state index is -0.863. The van der Waals surface area contributed by atoms with Crippen LogP contribution < -0.4 is 5.32 Å². The highest BCUT2D eigenvalue weighted by atomic mass is 16.4. The molecular formula is C9H13N3O3. The molecule has 0 aliphatic carbocycles. The third-order valence-corrected chi connectivity index (χ3v) is 1.91. The fraction of sp³-hybridized carbons (Fsp3) is 0.444. The minimum absolute atomic E-state index is 0.0461. The third-order valence-electron chi connectivity index (χ3n) is 1.91. The maximum absolute atomic E-state index is 11.4. The number of carbonyl (C=O) groups excluding carboxylic acids is 1. The number of carboxylic acid groups (broad SMARTS) is 1. The van der Waals surface area contributed by atoms with Crippen LogP contribution in [-0.4, -0.2) is 33.0 Å². The molecule has 0 radical (unpaired) electrons. The van der Waals surface area contributed by atoms with Gasteiger partial charge in [-0.2, -0.15) is 0 Å². The normalized spacial score (nSPS) is 12.1. The highest BCUT2D eigenvalue weighted by molar-refractivity contribution is 5.92. The Morgan fingerprint density at radius 3 is 2.93 bits per heavy atom. The summed E-state index contributed by atoms with van der Waals surface area (Å²) < 4.78 is 0. The lowest BCUT2D eigenvalue weighted by Gasteiger charge is -2.11. The van der Waals surface area contributed by atoms with E-state index in [9.17, 15) is 9.59 Å². The second-order valence-electron chi connectivity index (χ2n) is 3.27. The van der Waals surface area contributed by atoms with Gasteiger partial charge >= 0.3 is 5.97 Å². The van der Waals surface area contributed by atoms with Gasteiger partial charge in [-0.3, -0.25) is 9.59 Å². The van der Waals surface area contributed by atoms with Crippen molar-refractivity contribution in [2.24, 2.45) is 0 Å². The number of nitrogens with one attached hydrogen (secondary N) is 2. The van der Waals surface area contributed by atoms with Crippen molar-refractivity contribution in [3.05, 3.63) is 18.2 Å². The Kier molecular flexibility index (Phi) is 3.84. The second kappa shape index (κ2) is 5.14. The van der Waals surface area contributed by atoms with Crippen molar-refractivity contribution in [2.75, 3.05) is 0 Å². The number of carbonyl (C=O) groups is 2. The zero-order valence-corrected chi connectivity index (χ0v) is 8.36. The van der Waals surface area contributed by atoms with Gasteiger partial charge in [0.15, 0.2) is 0 Å². The van der Waals surface area contributed by atoms with Crippen LogP contribution in [0.4, 0.5) is 0 Å². The highest BCUT2D eigenvalue weighted by Crippen LogP contribution is 1.98. The molecule has 0 aromatic carbocycles. The van der Waals surface area contributed by atoms with Crippen molar-refractivity contribution in [3.8, 4) is 0 Å². The van der Waals surface area contributed by atoms with Gasteiger partial charge in [0.2, 0.25) is 0 Å². The number of aromatic amines is 1. The van der Waals surface area contributed by atoms with Crippen LogP contribution in [0, 0.1) is 0 Å². The molecule has 0 bridgehead atoms. The summed E-state index contributed by atoms with van der Waals surface area (Å²) >= 11 is 0. The van der Waals surface area contributed by atoms with Gasteiger partial charge in [-0.25, -0.2) is 4.98 Å². The number of H-pyrrole nitrogens is 1. The SMILES string of the molecule is CC(CCC(=O)O)NC(=O)c1cnc[nH]1. The van der Waals surface area contributed by atoms with Crippen molar-refractivity contribution < 1.29 is 14.7 Å². The number of nitrogens with zero attached hydrogens (tertiary/aromatic N) is 1. The molecule has 1 heterocycles. The number of aromatic nitrogens is 2. The van der Waals surface area contributed by atoms with Crippen molar-refractivity contribution in [1.82, 2.24) is 15.3 Å². The molecule has 1 atom stereocenters. The van der Waals surface area contributed by atoms with Crippen LogP contribution in [0.1, 0.15) is 30.3 Å². The first-order valence-electron chi connectivity index (χ1n) is 4.60. The molecule has 1 unspecified atom stereocenters. The van der Waals surface area contributed by atoms with E-state index in [0.717, 1.165) is 0 Å². The molecule has 0 aliphatic heterocycles. The summed E-state index contributed by atoms with van der Waals surface area (Å²) in [6, 6.07) is -0.170. The number of amides is 1. The van der Waals surface area contributed by atoms with E-state index in [-0.39, 0.29) is 18.4 Å². The lowest BCUT2D eigenvalue weighted by Crippen LogP contribution is -2.33. The largest absolute Gasteiger partial charge is 0.481 e. The Labute approximate surface area is 86.7 Å². The van der Waals surface area contributed by atoms with Crippen LogP contribution in [-0.2, 0) is 4.79 Å². The van der Waals surface area contributed by atoms with Gasteiger partial charge < -0.3 is 15.4 Å². The first-order chi connectivity index (χ1) is 7.09. The van der Waals surface area contributed by atoms with E-state index in [1.54, 1.807) is 6.92 Å². The summed E-state index contributed by atoms with van der Waals surface area (Å²) in [6.07, 6.45) is 3.29. The van der Waals surface area contributed by atoms with Crippen LogP contribution in [0.3, 0.4) is 0 Å². The second-order valence-corrected chi connectivity index (χ2v) is 3.27. The van der Waals surface area contributed by atoms with E-state index in [0.29, 0.717) is 12.1 Å². The van der Waals surface area contributed by atoms with Gasteiger partial charge in [0.05, 0.1) is 12.5 Å². The first kappa shape index (κ1) is 11.2. The van der Waals surface area contributed by atoms with Gasteiger partial charge in [-0.15, -0.1) is 0 Å². The molecule has 1 aromatic rings. The van der Waals surface area contributed by atoms with Crippen molar-refractivity contribution in [1.29, 1.82) is 0 Å². The maximum atomic E-state index is 11.4. The van der Waals surface area contributed by atoms with Crippen molar-refractivity contribution in [3.63, 3.8) is 0 Å². The Bertz CT molecular complexity index is 334. The lowest BCUT2D eigenvalue weighted by atomic mass is 10.2. The van der Waals surface area contributed by atoms with Gasteiger partial charge in [0.25, 0.3) is 5.91 Å². The summed E-state index contributed by atoms with van der Waals surface area (Å²) in [7, 11) is 0. The Hall–Kier alpha value is -1.85. The molecule has 0 spiro atoms. The number of carboxylic acids is 1. The summed E-state index contributed by atoms with van der Waals surface area (Å²) in [6.45, 7) is 1.76. The van der Waals surface area contributed by atoms with Crippen LogP contribution in [0.2, 0.25) is 0 Å². The number of rotatable bonds is 5. The molecule has 0 fully saturated rings. The van der Waals surface area contributed by atoms with E-state index < -0.39 is 5.97 Å². The Balaban J connectivity index is 2.35. The average molecular weight is 211 g/mol. The molecule has 6 nitrogen and oxygen atoms in total. The molecule has 1 amide bonds. The lowest BCUT2D eigenvalue weighted by molar-refractivity contribution is -0.137. The molecule has 0 aliphatic rings. The van der Waals surface area contributed by atoms with E-state index in [2.05, 4.69) is 15.3 Å². The zero-order valence-electron chi connectivity index (χ0n) is 8.36. The molecule has 1 rings (SSSR count). The molecular weight excluding hydrogens is 198 g/mol. The maximum Gasteiger partial charge on any atom is 0.303 e. The minimum Gasteiger partial charge on any atom is -0.481 e. The predicted molar refractivity (Wildman–Crippen MR) is 52.4 cm³/mol. The van der Waals surface area contributed by atoms with Crippen molar-refractivity contribution >= 4 is 11.9 Å². The summed E-state index contributed by atoms with van der Waals surface area (Å²) in [5.41, 5.74) is 0.372. The number of aliphatic carboxylic acids is 1. The third kappa shape index (κ3) is 3.80. The van der Waals surface area contributed by atoms with E-state index in [1.165, 1.54) is 12.5 Å². The molecule has 6 heteroatoms. The fourth-order valence-corrected chi connectivity index (χ4v) is 1.09. The Morgan fingerprint density at radius 1 is 1.67 bits per heavy atom. The molecule has 82 valence electrons. The number of hydrogen-bond acceptors (Lipinski definition) is 3. The molecule has 1 aromatic heterocycles. The molecule has 0 saturated carbocycles. The quantitative estimate of drug-likeness (QED) is 0.656. The monoisotopic (exact) mass is 211 g/mol. The topological polar surface area (TPSA) is 95.1 Å². The summed E-state index contributed by atoms with van der Waals surface area (Å²) in [5, 5.41) is 11.1. The van der Waals surface area contributed by atoms with Crippen molar-refractivity contribution in [2.45, 2.75) is 25.8 Å². The van der Waals surface area contributed by atoms with Crippen LogP contribution in [0.5, 0.6) is 0 Å². The van der Waals surface area contributed by atoms with E-state index in [1.807, 2.05) is 0 Å². The fourth-order valence-electron chi connectivity index (χ4n) is 1.09. The van der Waals surface area contributed by atoms with Gasteiger partial charge in [0, 0.05) is 12.5 Å². The average Bonchev–Trinajstić information content (AvgIpc) is 2.67. The van der Waals surface area contributed by atoms with Crippen LogP contribution in [0.25, 0.3) is 0 Å². The van der Waals surface area contributed by atoms with Crippen LogP contribution >= 0.6 is 0 Å². The molecule has 0 saturated heterocycles. The predicted octanol–water partition coefficient (Wildman–Crippen LogP) is 0.393.